The molecule has 258 valence electrons. The molecule has 4 N–H and O–H groups in total. The molecule has 5 amide bonds. The molecule has 2 rings (SSSR count). The van der Waals surface area contributed by atoms with Crippen molar-refractivity contribution in [2.75, 3.05) is 26.3 Å². The maximum atomic E-state index is 13.6. The number of ketones is 2. The summed E-state index contributed by atoms with van der Waals surface area (Å²) in [7, 11) is 0. The van der Waals surface area contributed by atoms with Crippen LogP contribution >= 0.6 is 15.9 Å². The van der Waals surface area contributed by atoms with Gasteiger partial charge in [0.15, 0.2) is 5.78 Å². The van der Waals surface area contributed by atoms with Crippen LogP contribution in [-0.4, -0.2) is 78.5 Å². The number of Topliss-reactive ketones (excluding diaryl/α,β-unsaturated/α-hetero) is 2. The first-order valence-corrected chi connectivity index (χ1v) is 16.3. The molecule has 2 unspecified atom stereocenters. The molecule has 0 radical (unpaired) electrons. The van der Waals surface area contributed by atoms with E-state index < -0.39 is 54.0 Å². The van der Waals surface area contributed by atoms with E-state index in [9.17, 15) is 33.6 Å². The van der Waals surface area contributed by atoms with E-state index in [0.717, 1.165) is 4.90 Å². The molecular formula is C33H45BrN4O9. The van der Waals surface area contributed by atoms with Gasteiger partial charge in [0, 0.05) is 45.1 Å². The number of benzene rings is 1. The van der Waals surface area contributed by atoms with E-state index >= 15 is 0 Å². The van der Waals surface area contributed by atoms with E-state index in [1.54, 1.807) is 31.2 Å². The Labute approximate surface area is 284 Å². The van der Waals surface area contributed by atoms with Gasteiger partial charge in [0.1, 0.15) is 12.4 Å². The third-order valence-corrected chi connectivity index (χ3v) is 8.25. The summed E-state index contributed by atoms with van der Waals surface area (Å²) in [5.41, 5.74) is 6.51. The number of ether oxygens (including phenoxy) is 2. The van der Waals surface area contributed by atoms with Crippen molar-refractivity contribution in [1.82, 2.24) is 15.5 Å². The van der Waals surface area contributed by atoms with Crippen LogP contribution < -0.4 is 16.4 Å². The van der Waals surface area contributed by atoms with Crippen LogP contribution in [0.5, 0.6) is 0 Å². The number of nitrogens with two attached hydrogens (primary N) is 1. The van der Waals surface area contributed by atoms with Gasteiger partial charge in [0.25, 0.3) is 11.8 Å². The van der Waals surface area contributed by atoms with E-state index in [1.807, 2.05) is 13.8 Å². The second kappa shape index (κ2) is 19.7. The van der Waals surface area contributed by atoms with E-state index in [1.165, 1.54) is 13.0 Å². The molecule has 0 aromatic heterocycles. The monoisotopic (exact) mass is 722 g/mol. The fourth-order valence-electron chi connectivity index (χ4n) is 5.07. The quantitative estimate of drug-likeness (QED) is 0.0973. The van der Waals surface area contributed by atoms with Gasteiger partial charge in [-0.1, -0.05) is 52.0 Å². The van der Waals surface area contributed by atoms with Crippen LogP contribution in [0.15, 0.2) is 34.8 Å². The molecule has 0 aliphatic carbocycles. The van der Waals surface area contributed by atoms with Gasteiger partial charge >= 0.3 is 12.0 Å². The molecular weight excluding hydrogens is 676 g/mol. The highest BCUT2D eigenvalue weighted by Gasteiger charge is 2.34. The lowest BCUT2D eigenvalue weighted by molar-refractivity contribution is -0.144. The molecule has 0 fully saturated rings. The van der Waals surface area contributed by atoms with Crippen molar-refractivity contribution in [3.05, 3.63) is 46.0 Å². The van der Waals surface area contributed by atoms with E-state index in [4.69, 9.17) is 16.6 Å². The average Bonchev–Trinajstić information content (AvgIpc) is 3.26. The van der Waals surface area contributed by atoms with Crippen molar-refractivity contribution >= 4 is 57.2 Å². The number of hydrogen-bond acceptors (Lipinski definition) is 9. The number of nitrogens with one attached hydrogen (secondary N) is 2. The van der Waals surface area contributed by atoms with Crippen molar-refractivity contribution < 1.29 is 44.4 Å². The van der Waals surface area contributed by atoms with Crippen molar-refractivity contribution in [3.8, 4) is 0 Å². The van der Waals surface area contributed by atoms with Crippen molar-refractivity contribution in [2.45, 2.75) is 72.4 Å². The van der Waals surface area contributed by atoms with Crippen LogP contribution in [-0.2, 0) is 51.3 Å². The Morgan fingerprint density at radius 1 is 1.02 bits per heavy atom. The SMILES string of the molecule is [3H]C(C)C(=O)OCc1ccc(CC(=O)[C@H](CCCNC(N)=O)NC(=O)[C@H](C(C)C)C(C)C(=O)CCOCCN2C(=O)C=C(Br)C2=O)cc1. The van der Waals surface area contributed by atoms with Gasteiger partial charge in [-0.2, -0.15) is 0 Å². The first kappa shape index (κ1) is 37.5. The summed E-state index contributed by atoms with van der Waals surface area (Å²) in [5.74, 6) is -4.13. The number of amides is 5. The highest BCUT2D eigenvalue weighted by molar-refractivity contribution is 9.12. The number of carbonyl (C=O) groups is 7. The number of halogens is 1. The zero-order valence-electron chi connectivity index (χ0n) is 28.2. The summed E-state index contributed by atoms with van der Waals surface area (Å²) in [6.07, 6.45) is 0.787. The Kier molecular flexibility index (Phi) is 15.7. The van der Waals surface area contributed by atoms with Crippen LogP contribution in [0.25, 0.3) is 0 Å². The maximum Gasteiger partial charge on any atom is 0.312 e. The number of esters is 1. The second-order valence-electron chi connectivity index (χ2n) is 11.5. The topological polar surface area (TPSA) is 191 Å². The molecule has 1 aliphatic heterocycles. The average molecular weight is 724 g/mol. The van der Waals surface area contributed by atoms with Gasteiger partial charge < -0.3 is 25.8 Å². The van der Waals surface area contributed by atoms with Crippen molar-refractivity contribution in [2.24, 2.45) is 23.5 Å². The molecule has 47 heavy (non-hydrogen) atoms. The Morgan fingerprint density at radius 2 is 1.68 bits per heavy atom. The van der Waals surface area contributed by atoms with Crippen LogP contribution in [0.2, 0.25) is 0 Å². The van der Waals surface area contributed by atoms with Gasteiger partial charge in [-0.15, -0.1) is 0 Å². The predicted octanol–water partition coefficient (Wildman–Crippen LogP) is 2.72. The third-order valence-electron chi connectivity index (χ3n) is 7.68. The van der Waals surface area contributed by atoms with Gasteiger partial charge in [-0.05, 0) is 45.8 Å². The number of imide groups is 1. The lowest BCUT2D eigenvalue weighted by Gasteiger charge is -2.28. The Morgan fingerprint density at radius 3 is 2.26 bits per heavy atom. The van der Waals surface area contributed by atoms with Crippen LogP contribution in [0, 0.1) is 17.8 Å². The zero-order chi connectivity index (χ0) is 36.0. The molecule has 0 bridgehead atoms. The van der Waals surface area contributed by atoms with Gasteiger partial charge in [0.05, 0.1) is 30.3 Å². The highest BCUT2D eigenvalue weighted by atomic mass is 79.9. The number of carbonyl (C=O) groups excluding carboxylic acids is 7. The molecule has 0 saturated carbocycles. The standard InChI is InChI=1S/C33H45BrN4O9/c1-5-29(42)47-19-23-10-8-22(9-11-23)17-27(40)25(7-6-13-36-33(35)45)37-31(43)30(20(2)3)21(4)26(39)12-15-46-16-14-38-28(41)18-24(34)32(38)44/h8-11,18,20-21,25,30H,5-7,12-17,19H2,1-4H3,(H,37,43)(H3,35,36,45)/t21?,25-,30+/m0/s1/i5T/t5?,21?,25-,30+. The number of primary amides is 1. The first-order valence-electron chi connectivity index (χ1n) is 16.1. The van der Waals surface area contributed by atoms with Gasteiger partial charge in [-0.3, -0.25) is 33.7 Å². The normalized spacial score (nSPS) is 15.7. The molecule has 0 saturated heterocycles. The minimum Gasteiger partial charge on any atom is -0.461 e. The van der Waals surface area contributed by atoms with Crippen LogP contribution in [0.1, 0.15) is 65.9 Å². The molecule has 1 aromatic rings. The number of rotatable bonds is 21. The molecule has 4 atom stereocenters. The summed E-state index contributed by atoms with van der Waals surface area (Å²) in [4.78, 5) is 87.6. The number of nitrogens with zero attached hydrogens (tertiary/aromatic N) is 1. The zero-order valence-corrected chi connectivity index (χ0v) is 28.8. The minimum atomic E-state index is -0.989. The molecule has 1 aliphatic rings. The maximum absolute atomic E-state index is 13.6. The van der Waals surface area contributed by atoms with Gasteiger partial charge in [-0.25, -0.2) is 4.79 Å². The van der Waals surface area contributed by atoms with E-state index in [0.29, 0.717) is 17.5 Å². The van der Waals surface area contributed by atoms with Crippen molar-refractivity contribution in [3.63, 3.8) is 0 Å². The number of hydrogen-bond donors (Lipinski definition) is 3. The largest absolute Gasteiger partial charge is 0.461 e. The summed E-state index contributed by atoms with van der Waals surface area (Å²) in [6.45, 7) is 7.05. The Hall–Kier alpha value is -3.91. The lowest BCUT2D eigenvalue weighted by Crippen LogP contribution is -2.48. The van der Waals surface area contributed by atoms with Gasteiger partial charge in [0.2, 0.25) is 5.91 Å². The van der Waals surface area contributed by atoms with E-state index in [2.05, 4.69) is 26.6 Å². The highest BCUT2D eigenvalue weighted by Crippen LogP contribution is 2.24. The minimum absolute atomic E-state index is 0.00204. The molecule has 0 spiro atoms. The fraction of sp³-hybridized carbons (Fsp3) is 0.545. The molecule has 14 heteroatoms. The molecule has 13 nitrogen and oxygen atoms in total. The fourth-order valence-corrected chi connectivity index (χ4v) is 5.48. The Bertz CT molecular complexity index is 1370. The third kappa shape index (κ3) is 13.0. The summed E-state index contributed by atoms with van der Waals surface area (Å²) >= 11 is 3.03. The smallest absolute Gasteiger partial charge is 0.312 e. The predicted molar refractivity (Wildman–Crippen MR) is 176 cm³/mol. The first-order chi connectivity index (χ1) is 22.6. The van der Waals surface area contributed by atoms with Crippen LogP contribution in [0.4, 0.5) is 4.79 Å². The summed E-state index contributed by atoms with van der Waals surface area (Å²) in [5, 5.41) is 5.32. The number of urea groups is 1. The molecule has 1 heterocycles. The molecule has 1 aromatic carbocycles. The summed E-state index contributed by atoms with van der Waals surface area (Å²) < 4.78 is 18.1. The lowest BCUT2D eigenvalue weighted by atomic mass is 9.80. The summed E-state index contributed by atoms with van der Waals surface area (Å²) in [6, 6.07) is 5.25. The van der Waals surface area contributed by atoms with Crippen LogP contribution in [0.3, 0.4) is 0 Å². The second-order valence-corrected chi connectivity index (χ2v) is 12.4. The Balaban J connectivity index is 2.00. The van der Waals surface area contributed by atoms with Crippen molar-refractivity contribution in [1.29, 1.82) is 0 Å². The van der Waals surface area contributed by atoms with E-state index in [-0.39, 0.29) is 74.1 Å².